The van der Waals surface area contributed by atoms with Crippen molar-refractivity contribution < 1.29 is 27.5 Å². The molecule has 0 radical (unpaired) electrons. The molecule has 0 spiro atoms. The van der Waals surface area contributed by atoms with Crippen molar-refractivity contribution in [2.24, 2.45) is 5.92 Å². The number of alkyl halides is 3. The molecule has 1 aliphatic heterocycles. The van der Waals surface area contributed by atoms with Gasteiger partial charge in [0.05, 0.1) is 5.56 Å². The molecule has 1 amide bonds. The van der Waals surface area contributed by atoms with Crippen LogP contribution in [0.1, 0.15) is 12.0 Å². The summed E-state index contributed by atoms with van der Waals surface area (Å²) < 4.78 is 50.6. The predicted molar refractivity (Wildman–Crippen MR) is 58.9 cm³/mol. The average Bonchev–Trinajstić information content (AvgIpc) is 2.68. The van der Waals surface area contributed by atoms with Crippen LogP contribution in [0.2, 0.25) is 0 Å². The summed E-state index contributed by atoms with van der Waals surface area (Å²) in [6.45, 7) is -0.00844. The Bertz CT molecular complexity index is 501. The topological polar surface area (TPSA) is 40.5 Å². The summed E-state index contributed by atoms with van der Waals surface area (Å²) in [4.78, 5) is 12.8. The standard InChI is InChI=1S/C12H11F4NO2/c13-10-4-8(1-2-9(10)12(14,15)16)17-5-7(6-18)3-11(17)19/h1-2,4,7,18H,3,5-6H2. The summed E-state index contributed by atoms with van der Waals surface area (Å²) in [6.07, 6.45) is -4.65. The molecule has 3 nitrogen and oxygen atoms in total. The zero-order valence-corrected chi connectivity index (χ0v) is 9.75. The van der Waals surface area contributed by atoms with Gasteiger partial charge in [0, 0.05) is 31.2 Å². The Morgan fingerprint density at radius 2 is 2.05 bits per heavy atom. The molecule has 1 saturated heterocycles. The van der Waals surface area contributed by atoms with E-state index >= 15 is 0 Å². The number of hydrogen-bond donors (Lipinski definition) is 1. The van der Waals surface area contributed by atoms with Gasteiger partial charge in [-0.1, -0.05) is 0 Å². The number of benzene rings is 1. The van der Waals surface area contributed by atoms with E-state index < -0.39 is 17.6 Å². The van der Waals surface area contributed by atoms with Gasteiger partial charge in [0.2, 0.25) is 5.91 Å². The van der Waals surface area contributed by atoms with Crippen molar-refractivity contribution in [1.82, 2.24) is 0 Å². The lowest BCUT2D eigenvalue weighted by molar-refractivity contribution is -0.139. The normalized spacial score (nSPS) is 20.2. The van der Waals surface area contributed by atoms with Gasteiger partial charge < -0.3 is 10.0 Å². The maximum Gasteiger partial charge on any atom is 0.419 e. The third-order valence-corrected chi connectivity index (χ3v) is 3.03. The number of aliphatic hydroxyl groups excluding tert-OH is 1. The first-order valence-electron chi connectivity index (χ1n) is 5.61. The Labute approximate surface area is 106 Å². The van der Waals surface area contributed by atoms with Crippen LogP contribution < -0.4 is 4.90 Å². The summed E-state index contributed by atoms with van der Waals surface area (Å²) in [5.74, 6) is -2.01. The van der Waals surface area contributed by atoms with E-state index in [1.807, 2.05) is 0 Å². The monoisotopic (exact) mass is 277 g/mol. The molecule has 0 bridgehead atoms. The van der Waals surface area contributed by atoms with Crippen LogP contribution in [0.4, 0.5) is 23.2 Å². The Balaban J connectivity index is 2.28. The first kappa shape index (κ1) is 13.8. The van der Waals surface area contributed by atoms with Crippen molar-refractivity contribution >= 4 is 11.6 Å². The van der Waals surface area contributed by atoms with Gasteiger partial charge in [-0.3, -0.25) is 4.79 Å². The van der Waals surface area contributed by atoms with E-state index in [2.05, 4.69) is 0 Å². The summed E-state index contributed by atoms with van der Waals surface area (Å²) in [5.41, 5.74) is -1.28. The van der Waals surface area contributed by atoms with Gasteiger partial charge in [-0.2, -0.15) is 13.2 Å². The molecular weight excluding hydrogens is 266 g/mol. The van der Waals surface area contributed by atoms with Gasteiger partial charge in [0.15, 0.2) is 0 Å². The number of hydrogen-bond acceptors (Lipinski definition) is 2. The fourth-order valence-corrected chi connectivity index (χ4v) is 2.06. The Morgan fingerprint density at radius 3 is 2.53 bits per heavy atom. The van der Waals surface area contributed by atoms with E-state index in [4.69, 9.17) is 5.11 Å². The van der Waals surface area contributed by atoms with Crippen LogP contribution in [0, 0.1) is 11.7 Å². The molecule has 1 aromatic rings. The molecule has 0 aliphatic carbocycles. The van der Waals surface area contributed by atoms with Gasteiger partial charge in [-0.25, -0.2) is 4.39 Å². The predicted octanol–water partition coefficient (Wildman–Crippen LogP) is 2.19. The van der Waals surface area contributed by atoms with Crippen LogP contribution in [0.5, 0.6) is 0 Å². The first-order valence-corrected chi connectivity index (χ1v) is 5.61. The van der Waals surface area contributed by atoms with Crippen molar-refractivity contribution in [2.45, 2.75) is 12.6 Å². The Morgan fingerprint density at radius 1 is 1.37 bits per heavy atom. The molecule has 2 rings (SSSR count). The molecule has 7 heteroatoms. The third-order valence-electron chi connectivity index (χ3n) is 3.03. The second kappa shape index (κ2) is 4.80. The number of amides is 1. The number of carbonyl (C=O) groups excluding carboxylic acids is 1. The number of carbonyl (C=O) groups is 1. The van der Waals surface area contributed by atoms with E-state index in [1.165, 1.54) is 4.90 Å². The molecule has 1 heterocycles. The lowest BCUT2D eigenvalue weighted by Crippen LogP contribution is -2.25. The van der Waals surface area contributed by atoms with Crippen molar-refractivity contribution in [3.05, 3.63) is 29.6 Å². The number of anilines is 1. The smallest absolute Gasteiger partial charge is 0.396 e. The molecule has 1 atom stereocenters. The summed E-state index contributed by atoms with van der Waals surface area (Å²) in [7, 11) is 0. The maximum atomic E-state index is 13.4. The third kappa shape index (κ3) is 2.70. The van der Waals surface area contributed by atoms with Crippen LogP contribution in [-0.2, 0) is 11.0 Å². The van der Waals surface area contributed by atoms with E-state index in [0.29, 0.717) is 12.1 Å². The quantitative estimate of drug-likeness (QED) is 0.842. The number of rotatable bonds is 2. The van der Waals surface area contributed by atoms with E-state index in [0.717, 1.165) is 6.07 Å². The molecule has 1 unspecified atom stereocenters. The SMILES string of the molecule is O=C1CC(CO)CN1c1ccc(C(F)(F)F)c(F)c1. The lowest BCUT2D eigenvalue weighted by atomic mass is 10.1. The highest BCUT2D eigenvalue weighted by Gasteiger charge is 2.35. The van der Waals surface area contributed by atoms with Gasteiger partial charge in [-0.15, -0.1) is 0 Å². The molecule has 19 heavy (non-hydrogen) atoms. The highest BCUT2D eigenvalue weighted by atomic mass is 19.4. The fourth-order valence-electron chi connectivity index (χ4n) is 2.06. The first-order chi connectivity index (χ1) is 8.82. The van der Waals surface area contributed by atoms with E-state index in [1.54, 1.807) is 0 Å². The zero-order chi connectivity index (χ0) is 14.2. The van der Waals surface area contributed by atoms with Crippen LogP contribution in [0.3, 0.4) is 0 Å². The molecule has 104 valence electrons. The van der Waals surface area contributed by atoms with Gasteiger partial charge in [0.1, 0.15) is 5.82 Å². The summed E-state index contributed by atoms with van der Waals surface area (Å²) >= 11 is 0. The second-order valence-electron chi connectivity index (χ2n) is 4.42. The van der Waals surface area contributed by atoms with Crippen molar-refractivity contribution in [3.8, 4) is 0 Å². The highest BCUT2D eigenvalue weighted by Crippen LogP contribution is 2.34. The van der Waals surface area contributed by atoms with E-state index in [-0.39, 0.29) is 37.1 Å². The molecule has 0 saturated carbocycles. The summed E-state index contributed by atoms with van der Waals surface area (Å²) in [6, 6.07) is 2.37. The minimum absolute atomic E-state index is 0.0754. The summed E-state index contributed by atoms with van der Waals surface area (Å²) in [5, 5.41) is 8.95. The van der Waals surface area contributed by atoms with Gasteiger partial charge in [-0.05, 0) is 18.2 Å². The minimum atomic E-state index is -4.76. The minimum Gasteiger partial charge on any atom is -0.396 e. The largest absolute Gasteiger partial charge is 0.419 e. The molecule has 1 aromatic carbocycles. The van der Waals surface area contributed by atoms with Crippen LogP contribution in [-0.4, -0.2) is 24.2 Å². The number of aliphatic hydroxyl groups is 1. The number of halogens is 4. The Kier molecular flexibility index (Phi) is 3.49. The van der Waals surface area contributed by atoms with E-state index in [9.17, 15) is 22.4 Å². The van der Waals surface area contributed by atoms with Gasteiger partial charge >= 0.3 is 6.18 Å². The molecule has 0 aromatic heterocycles. The maximum absolute atomic E-state index is 13.4. The second-order valence-corrected chi connectivity index (χ2v) is 4.42. The molecular formula is C12H11F4NO2. The molecule has 1 N–H and O–H groups in total. The van der Waals surface area contributed by atoms with Crippen molar-refractivity contribution in [3.63, 3.8) is 0 Å². The Hall–Kier alpha value is -1.63. The molecule has 1 aliphatic rings. The van der Waals surface area contributed by atoms with Crippen molar-refractivity contribution in [1.29, 1.82) is 0 Å². The number of nitrogens with zero attached hydrogens (tertiary/aromatic N) is 1. The van der Waals surface area contributed by atoms with Crippen molar-refractivity contribution in [2.75, 3.05) is 18.1 Å². The van der Waals surface area contributed by atoms with Crippen LogP contribution in [0.25, 0.3) is 0 Å². The fraction of sp³-hybridized carbons (Fsp3) is 0.417. The average molecular weight is 277 g/mol. The van der Waals surface area contributed by atoms with Crippen LogP contribution in [0.15, 0.2) is 18.2 Å². The highest BCUT2D eigenvalue weighted by molar-refractivity contribution is 5.95. The van der Waals surface area contributed by atoms with Gasteiger partial charge in [0.25, 0.3) is 0 Å². The molecule has 1 fully saturated rings. The van der Waals surface area contributed by atoms with Crippen LogP contribution >= 0.6 is 0 Å². The lowest BCUT2D eigenvalue weighted by Gasteiger charge is -2.18. The zero-order valence-electron chi connectivity index (χ0n) is 9.75.